The Morgan fingerprint density at radius 1 is 1.35 bits per heavy atom. The van der Waals surface area contributed by atoms with Gasteiger partial charge in [-0.05, 0) is 24.3 Å². The third kappa shape index (κ3) is 2.54. The molecule has 0 atom stereocenters. The van der Waals surface area contributed by atoms with Crippen molar-refractivity contribution in [2.45, 2.75) is 6.42 Å². The van der Waals surface area contributed by atoms with E-state index in [1.165, 1.54) is 18.5 Å². The number of hydrogen-bond acceptors (Lipinski definition) is 3. The number of aromatic nitrogens is 2. The molecule has 0 saturated heterocycles. The lowest BCUT2D eigenvalue weighted by Crippen LogP contribution is -2.25. The van der Waals surface area contributed by atoms with Crippen molar-refractivity contribution in [3.05, 3.63) is 60.2 Å². The molecule has 3 aromatic heterocycles. The van der Waals surface area contributed by atoms with Gasteiger partial charge in [-0.15, -0.1) is 0 Å². The lowest BCUT2D eigenvalue weighted by Gasteiger charge is -2.00. The molecule has 0 aliphatic carbocycles. The molecule has 0 aliphatic rings. The number of halogens is 1. The van der Waals surface area contributed by atoms with Crippen LogP contribution in [0.4, 0.5) is 4.39 Å². The Labute approximate surface area is 114 Å². The van der Waals surface area contributed by atoms with E-state index in [4.69, 9.17) is 4.42 Å². The summed E-state index contributed by atoms with van der Waals surface area (Å²) >= 11 is 0. The maximum atomic E-state index is 13.0. The summed E-state index contributed by atoms with van der Waals surface area (Å²) < 4.78 is 19.7. The van der Waals surface area contributed by atoms with Crippen molar-refractivity contribution in [3.8, 4) is 0 Å². The van der Waals surface area contributed by atoms with Crippen LogP contribution in [0, 0.1) is 5.82 Å². The second-order valence-corrected chi connectivity index (χ2v) is 4.33. The predicted molar refractivity (Wildman–Crippen MR) is 69.9 cm³/mol. The third-order valence-corrected chi connectivity index (χ3v) is 2.88. The van der Waals surface area contributed by atoms with Gasteiger partial charge in [0.25, 0.3) is 5.91 Å². The highest BCUT2D eigenvalue weighted by molar-refractivity contribution is 5.91. The van der Waals surface area contributed by atoms with Crippen LogP contribution in [-0.2, 0) is 6.42 Å². The summed E-state index contributed by atoms with van der Waals surface area (Å²) in [6, 6.07) is 6.24. The minimum Gasteiger partial charge on any atom is -0.459 e. The van der Waals surface area contributed by atoms with Gasteiger partial charge in [0, 0.05) is 25.4 Å². The highest BCUT2D eigenvalue weighted by Gasteiger charge is 2.08. The lowest BCUT2D eigenvalue weighted by atomic mass is 10.3. The van der Waals surface area contributed by atoms with Gasteiger partial charge < -0.3 is 14.1 Å². The van der Waals surface area contributed by atoms with Crippen LogP contribution in [-0.4, -0.2) is 21.8 Å². The summed E-state index contributed by atoms with van der Waals surface area (Å²) in [5.41, 5.74) is 1.47. The highest BCUT2D eigenvalue weighted by atomic mass is 19.1. The molecule has 1 N–H and O–H groups in total. The van der Waals surface area contributed by atoms with Gasteiger partial charge in [-0.3, -0.25) is 4.79 Å². The normalized spacial score (nSPS) is 10.8. The molecule has 0 aromatic carbocycles. The average molecular weight is 273 g/mol. The molecule has 102 valence electrons. The number of pyridine rings is 1. The van der Waals surface area contributed by atoms with Crippen LogP contribution < -0.4 is 5.32 Å². The van der Waals surface area contributed by atoms with Crippen molar-refractivity contribution in [2.75, 3.05) is 6.54 Å². The summed E-state index contributed by atoms with van der Waals surface area (Å²) in [6.07, 6.45) is 5.13. The van der Waals surface area contributed by atoms with Crippen LogP contribution in [0.25, 0.3) is 5.65 Å². The van der Waals surface area contributed by atoms with Crippen LogP contribution >= 0.6 is 0 Å². The standard InChI is InChI=1S/C14H12FN3O2/c15-10-3-4-13-17-11(9-18(13)8-10)5-6-16-14(19)12-2-1-7-20-12/h1-4,7-9H,5-6H2,(H,16,19). The number of amides is 1. The van der Waals surface area contributed by atoms with E-state index < -0.39 is 0 Å². The molecule has 0 unspecified atom stereocenters. The second kappa shape index (κ2) is 5.16. The topological polar surface area (TPSA) is 59.5 Å². The minimum absolute atomic E-state index is 0.259. The van der Waals surface area contributed by atoms with E-state index in [0.29, 0.717) is 18.6 Å². The Morgan fingerprint density at radius 2 is 2.25 bits per heavy atom. The van der Waals surface area contributed by atoms with Crippen molar-refractivity contribution in [1.82, 2.24) is 14.7 Å². The molecule has 3 heterocycles. The van der Waals surface area contributed by atoms with Gasteiger partial charge in [0.05, 0.1) is 12.0 Å². The first-order chi connectivity index (χ1) is 9.72. The number of rotatable bonds is 4. The molecule has 0 aliphatic heterocycles. The van der Waals surface area contributed by atoms with Gasteiger partial charge in [-0.1, -0.05) is 0 Å². The monoisotopic (exact) mass is 273 g/mol. The quantitative estimate of drug-likeness (QED) is 0.791. The van der Waals surface area contributed by atoms with Crippen molar-refractivity contribution in [1.29, 1.82) is 0 Å². The molecule has 0 saturated carbocycles. The van der Waals surface area contributed by atoms with Crippen molar-refractivity contribution in [3.63, 3.8) is 0 Å². The molecule has 0 spiro atoms. The van der Waals surface area contributed by atoms with Crippen LogP contribution in [0.5, 0.6) is 0 Å². The molecule has 0 fully saturated rings. The zero-order chi connectivity index (χ0) is 13.9. The molecule has 3 aromatic rings. The maximum Gasteiger partial charge on any atom is 0.286 e. The van der Waals surface area contributed by atoms with Crippen LogP contribution in [0.3, 0.4) is 0 Å². The summed E-state index contributed by atoms with van der Waals surface area (Å²) in [7, 11) is 0. The molecule has 5 nitrogen and oxygen atoms in total. The van der Waals surface area contributed by atoms with Crippen LogP contribution in [0.2, 0.25) is 0 Å². The number of furan rings is 1. The smallest absolute Gasteiger partial charge is 0.286 e. The average Bonchev–Trinajstić information content (AvgIpc) is 3.06. The number of nitrogens with zero attached hydrogens (tertiary/aromatic N) is 2. The molecule has 3 rings (SSSR count). The fraction of sp³-hybridized carbons (Fsp3) is 0.143. The Bertz CT molecular complexity index is 734. The molecule has 6 heteroatoms. The van der Waals surface area contributed by atoms with Crippen LogP contribution in [0.15, 0.2) is 47.3 Å². The zero-order valence-electron chi connectivity index (χ0n) is 10.5. The molecule has 0 radical (unpaired) electrons. The zero-order valence-corrected chi connectivity index (χ0v) is 10.5. The van der Waals surface area contributed by atoms with Crippen molar-refractivity contribution in [2.24, 2.45) is 0 Å². The van der Waals surface area contributed by atoms with Gasteiger partial charge in [0.15, 0.2) is 5.76 Å². The SMILES string of the molecule is O=C(NCCc1cn2cc(F)ccc2n1)c1ccco1. The van der Waals surface area contributed by atoms with E-state index in [1.54, 1.807) is 28.8 Å². The van der Waals surface area contributed by atoms with Gasteiger partial charge in [0.2, 0.25) is 0 Å². The predicted octanol–water partition coefficient (Wildman–Crippen LogP) is 2.04. The fourth-order valence-corrected chi connectivity index (χ4v) is 1.94. The number of fused-ring (bicyclic) bond motifs is 1. The number of carbonyl (C=O) groups excluding carboxylic acids is 1. The first-order valence-corrected chi connectivity index (χ1v) is 6.17. The van der Waals surface area contributed by atoms with Gasteiger partial charge in [-0.2, -0.15) is 0 Å². The van der Waals surface area contributed by atoms with Gasteiger partial charge in [0.1, 0.15) is 11.5 Å². The molecule has 0 bridgehead atoms. The second-order valence-electron chi connectivity index (χ2n) is 4.33. The summed E-state index contributed by atoms with van der Waals surface area (Å²) in [4.78, 5) is 16.0. The lowest BCUT2D eigenvalue weighted by molar-refractivity contribution is 0.0926. The molecule has 20 heavy (non-hydrogen) atoms. The van der Waals surface area contributed by atoms with E-state index in [0.717, 1.165) is 5.69 Å². The van der Waals surface area contributed by atoms with E-state index >= 15 is 0 Å². The minimum atomic E-state index is -0.312. The first kappa shape index (κ1) is 12.4. The summed E-state index contributed by atoms with van der Waals surface area (Å²) in [5.74, 6) is -0.292. The van der Waals surface area contributed by atoms with Gasteiger partial charge >= 0.3 is 0 Å². The molecule has 1 amide bonds. The van der Waals surface area contributed by atoms with Crippen LogP contribution in [0.1, 0.15) is 16.2 Å². The van der Waals surface area contributed by atoms with Crippen molar-refractivity contribution < 1.29 is 13.6 Å². The fourth-order valence-electron chi connectivity index (χ4n) is 1.94. The van der Waals surface area contributed by atoms with E-state index in [2.05, 4.69) is 10.3 Å². The Hall–Kier alpha value is -2.63. The van der Waals surface area contributed by atoms with E-state index in [9.17, 15) is 9.18 Å². The maximum absolute atomic E-state index is 13.0. The number of imidazole rings is 1. The highest BCUT2D eigenvalue weighted by Crippen LogP contribution is 2.07. The first-order valence-electron chi connectivity index (χ1n) is 6.17. The Kier molecular flexibility index (Phi) is 3.20. The molecular formula is C14H12FN3O2. The summed E-state index contributed by atoms with van der Waals surface area (Å²) in [5, 5.41) is 2.73. The summed E-state index contributed by atoms with van der Waals surface area (Å²) in [6.45, 7) is 0.436. The van der Waals surface area contributed by atoms with E-state index in [1.807, 2.05) is 0 Å². The number of nitrogens with one attached hydrogen (secondary N) is 1. The molecular weight excluding hydrogens is 261 g/mol. The Balaban J connectivity index is 1.61. The number of hydrogen-bond donors (Lipinski definition) is 1. The Morgan fingerprint density at radius 3 is 3.05 bits per heavy atom. The number of carbonyl (C=O) groups is 1. The van der Waals surface area contributed by atoms with Crippen molar-refractivity contribution >= 4 is 11.6 Å². The van der Waals surface area contributed by atoms with E-state index in [-0.39, 0.29) is 17.5 Å². The van der Waals surface area contributed by atoms with Gasteiger partial charge in [-0.25, -0.2) is 9.37 Å². The largest absolute Gasteiger partial charge is 0.459 e. The third-order valence-electron chi connectivity index (χ3n) is 2.88.